The van der Waals surface area contributed by atoms with E-state index in [0.717, 1.165) is 24.1 Å². The molecule has 1 saturated carbocycles. The average Bonchev–Trinajstić information content (AvgIpc) is 3.16. The molecule has 2 unspecified atom stereocenters. The third-order valence-electron chi connectivity index (χ3n) is 3.76. The second-order valence-electron chi connectivity index (χ2n) is 5.26. The Kier molecular flexibility index (Phi) is 4.31. The van der Waals surface area contributed by atoms with Crippen molar-refractivity contribution >= 4 is 17.3 Å². The van der Waals surface area contributed by atoms with Crippen LogP contribution in [-0.2, 0) is 11.3 Å². The van der Waals surface area contributed by atoms with E-state index in [9.17, 15) is 4.79 Å². The third-order valence-corrected chi connectivity index (χ3v) is 4.62. The van der Waals surface area contributed by atoms with E-state index in [1.807, 2.05) is 17.5 Å². The highest BCUT2D eigenvalue weighted by atomic mass is 32.1. The van der Waals surface area contributed by atoms with Gasteiger partial charge in [-0.15, -0.1) is 21.5 Å². The minimum absolute atomic E-state index is 0.205. The van der Waals surface area contributed by atoms with Gasteiger partial charge in [-0.2, -0.15) is 0 Å². The zero-order valence-electron chi connectivity index (χ0n) is 11.5. The van der Waals surface area contributed by atoms with E-state index in [4.69, 9.17) is 9.52 Å². The van der Waals surface area contributed by atoms with Gasteiger partial charge < -0.3 is 14.8 Å². The summed E-state index contributed by atoms with van der Waals surface area (Å²) in [7, 11) is 0. The molecule has 0 amide bonds. The van der Waals surface area contributed by atoms with E-state index in [-0.39, 0.29) is 12.0 Å². The highest BCUT2D eigenvalue weighted by Crippen LogP contribution is 2.25. The molecule has 0 spiro atoms. The summed E-state index contributed by atoms with van der Waals surface area (Å²) in [5.74, 6) is 0.143. The molecule has 2 aromatic heterocycles. The Hall–Kier alpha value is -1.73. The molecule has 6 nitrogen and oxygen atoms in total. The summed E-state index contributed by atoms with van der Waals surface area (Å²) >= 11 is 1.56. The molecule has 2 N–H and O–H groups in total. The fraction of sp³-hybridized carbons (Fsp3) is 0.500. The number of nitrogens with zero attached hydrogens (tertiary/aromatic N) is 2. The van der Waals surface area contributed by atoms with Crippen LogP contribution in [0.3, 0.4) is 0 Å². The van der Waals surface area contributed by atoms with Crippen LogP contribution < -0.4 is 5.32 Å². The van der Waals surface area contributed by atoms with E-state index >= 15 is 0 Å². The SMILES string of the molecule is O=C(O)C1CCCC(NCc2nnc(-c3cccs3)o2)C1. The van der Waals surface area contributed by atoms with Gasteiger partial charge in [0.2, 0.25) is 5.89 Å². The van der Waals surface area contributed by atoms with Crippen molar-refractivity contribution in [2.24, 2.45) is 5.92 Å². The number of aliphatic carboxylic acids is 1. The second-order valence-corrected chi connectivity index (χ2v) is 6.21. The molecular formula is C14H17N3O3S. The highest BCUT2D eigenvalue weighted by Gasteiger charge is 2.26. The van der Waals surface area contributed by atoms with Gasteiger partial charge in [-0.1, -0.05) is 12.5 Å². The number of rotatable bonds is 5. The minimum atomic E-state index is -0.695. The number of aromatic nitrogens is 2. The molecule has 0 bridgehead atoms. The van der Waals surface area contributed by atoms with E-state index in [2.05, 4.69) is 15.5 Å². The Bertz CT molecular complexity index is 596. The van der Waals surface area contributed by atoms with Crippen LogP contribution in [0.1, 0.15) is 31.6 Å². The number of carbonyl (C=O) groups is 1. The van der Waals surface area contributed by atoms with Crippen LogP contribution in [-0.4, -0.2) is 27.3 Å². The topological polar surface area (TPSA) is 88.2 Å². The number of hydrogen-bond donors (Lipinski definition) is 2. The van der Waals surface area contributed by atoms with Gasteiger partial charge >= 0.3 is 5.97 Å². The Morgan fingerprint density at radius 2 is 2.38 bits per heavy atom. The van der Waals surface area contributed by atoms with Gasteiger partial charge in [0.25, 0.3) is 5.89 Å². The molecule has 0 aliphatic heterocycles. The van der Waals surface area contributed by atoms with Crippen molar-refractivity contribution in [1.29, 1.82) is 0 Å². The van der Waals surface area contributed by atoms with E-state index in [1.54, 1.807) is 11.3 Å². The van der Waals surface area contributed by atoms with Gasteiger partial charge in [0.05, 0.1) is 17.3 Å². The van der Waals surface area contributed by atoms with Gasteiger partial charge in [-0.25, -0.2) is 0 Å². The lowest BCUT2D eigenvalue weighted by Gasteiger charge is -2.26. The van der Waals surface area contributed by atoms with Crippen molar-refractivity contribution < 1.29 is 14.3 Å². The quantitative estimate of drug-likeness (QED) is 0.882. The van der Waals surface area contributed by atoms with Crippen molar-refractivity contribution in [1.82, 2.24) is 15.5 Å². The molecule has 2 atom stereocenters. The first kappa shape index (κ1) is 14.2. The Balaban J connectivity index is 1.54. The molecule has 2 heterocycles. The van der Waals surface area contributed by atoms with Crippen LogP contribution in [0.25, 0.3) is 10.8 Å². The van der Waals surface area contributed by atoms with E-state index in [0.29, 0.717) is 24.7 Å². The summed E-state index contributed by atoms with van der Waals surface area (Å²) < 4.78 is 5.60. The van der Waals surface area contributed by atoms with Gasteiger partial charge in [-0.3, -0.25) is 4.79 Å². The third kappa shape index (κ3) is 3.48. The van der Waals surface area contributed by atoms with Crippen LogP contribution in [0.2, 0.25) is 0 Å². The summed E-state index contributed by atoms with van der Waals surface area (Å²) in [6.07, 6.45) is 3.38. The highest BCUT2D eigenvalue weighted by molar-refractivity contribution is 7.13. The summed E-state index contributed by atoms with van der Waals surface area (Å²) in [5.41, 5.74) is 0. The van der Waals surface area contributed by atoms with Crippen molar-refractivity contribution in [3.05, 3.63) is 23.4 Å². The molecule has 2 aromatic rings. The number of nitrogens with one attached hydrogen (secondary N) is 1. The van der Waals surface area contributed by atoms with Crippen LogP contribution in [0, 0.1) is 5.92 Å². The molecule has 0 saturated heterocycles. The molecular weight excluding hydrogens is 290 g/mol. The fourth-order valence-electron chi connectivity index (χ4n) is 2.66. The molecule has 0 radical (unpaired) electrons. The Morgan fingerprint density at radius 3 is 3.14 bits per heavy atom. The standard InChI is InChI=1S/C14H17N3O3S/c18-14(19)9-3-1-4-10(7-9)15-8-12-16-17-13(20-12)11-5-2-6-21-11/h2,5-6,9-10,15H,1,3-4,7-8H2,(H,18,19). The van der Waals surface area contributed by atoms with Crippen LogP contribution in [0.5, 0.6) is 0 Å². The smallest absolute Gasteiger partial charge is 0.306 e. The minimum Gasteiger partial charge on any atom is -0.481 e. The molecule has 0 aromatic carbocycles. The summed E-state index contributed by atoms with van der Waals surface area (Å²) in [5, 5.41) is 22.4. The number of carboxylic acid groups (broad SMARTS) is 1. The molecule has 1 aliphatic rings. The molecule has 3 rings (SSSR count). The van der Waals surface area contributed by atoms with Crippen molar-refractivity contribution in [2.75, 3.05) is 0 Å². The van der Waals surface area contributed by atoms with Crippen molar-refractivity contribution in [3.63, 3.8) is 0 Å². The normalized spacial score (nSPS) is 22.3. The summed E-state index contributed by atoms with van der Waals surface area (Å²) in [6.45, 7) is 0.482. The van der Waals surface area contributed by atoms with E-state index in [1.165, 1.54) is 0 Å². The van der Waals surface area contributed by atoms with Gasteiger partial charge in [0, 0.05) is 6.04 Å². The number of carboxylic acids is 1. The lowest BCUT2D eigenvalue weighted by atomic mass is 9.86. The van der Waals surface area contributed by atoms with Crippen molar-refractivity contribution in [2.45, 2.75) is 38.3 Å². The first-order valence-electron chi connectivity index (χ1n) is 7.05. The maximum atomic E-state index is 11.0. The molecule has 7 heteroatoms. The van der Waals surface area contributed by atoms with Crippen LogP contribution in [0.4, 0.5) is 0 Å². The lowest BCUT2D eigenvalue weighted by molar-refractivity contribution is -0.143. The van der Waals surface area contributed by atoms with Gasteiger partial charge in [-0.05, 0) is 30.7 Å². The maximum absolute atomic E-state index is 11.0. The van der Waals surface area contributed by atoms with Gasteiger partial charge in [0.1, 0.15) is 0 Å². The lowest BCUT2D eigenvalue weighted by Crippen LogP contribution is -2.36. The largest absolute Gasteiger partial charge is 0.481 e. The molecule has 1 fully saturated rings. The monoisotopic (exact) mass is 307 g/mol. The average molecular weight is 307 g/mol. The molecule has 21 heavy (non-hydrogen) atoms. The van der Waals surface area contributed by atoms with Crippen molar-refractivity contribution in [3.8, 4) is 10.8 Å². The van der Waals surface area contributed by atoms with E-state index < -0.39 is 5.97 Å². The zero-order valence-corrected chi connectivity index (χ0v) is 12.3. The zero-order chi connectivity index (χ0) is 14.7. The summed E-state index contributed by atoms with van der Waals surface area (Å²) in [6, 6.07) is 4.08. The van der Waals surface area contributed by atoms with Crippen LogP contribution in [0.15, 0.2) is 21.9 Å². The second kappa shape index (κ2) is 6.36. The Morgan fingerprint density at radius 1 is 1.48 bits per heavy atom. The predicted octanol–water partition coefficient (Wildman–Crippen LogP) is 2.53. The fourth-order valence-corrected chi connectivity index (χ4v) is 3.30. The van der Waals surface area contributed by atoms with Gasteiger partial charge in [0.15, 0.2) is 0 Å². The molecule has 112 valence electrons. The van der Waals surface area contributed by atoms with Crippen LogP contribution >= 0.6 is 11.3 Å². The number of hydrogen-bond acceptors (Lipinski definition) is 6. The first-order valence-corrected chi connectivity index (χ1v) is 7.93. The molecule has 1 aliphatic carbocycles. The summed E-state index contributed by atoms with van der Waals surface area (Å²) in [4.78, 5) is 12.0. The first-order chi connectivity index (χ1) is 10.2. The Labute approximate surface area is 126 Å². The number of thiophene rings is 1. The maximum Gasteiger partial charge on any atom is 0.306 e. The predicted molar refractivity (Wildman–Crippen MR) is 77.8 cm³/mol.